The highest BCUT2D eigenvalue weighted by Gasteiger charge is 2.34. The summed E-state index contributed by atoms with van der Waals surface area (Å²) in [5, 5.41) is 4.11. The Kier molecular flexibility index (Phi) is 4.97. The van der Waals surface area contributed by atoms with E-state index in [4.69, 9.17) is 14.0 Å². The van der Waals surface area contributed by atoms with Crippen molar-refractivity contribution in [2.45, 2.75) is 18.9 Å². The third-order valence-electron chi connectivity index (χ3n) is 4.91. The quantitative estimate of drug-likeness (QED) is 0.654. The molecule has 1 aliphatic heterocycles. The van der Waals surface area contributed by atoms with Crippen molar-refractivity contribution < 1.29 is 18.8 Å². The van der Waals surface area contributed by atoms with Crippen LogP contribution in [0.5, 0.6) is 11.5 Å². The first-order valence-corrected chi connectivity index (χ1v) is 9.06. The molecule has 1 unspecified atom stereocenters. The summed E-state index contributed by atoms with van der Waals surface area (Å²) in [4.78, 5) is 18.8. The lowest BCUT2D eigenvalue weighted by atomic mass is 10.1. The molecule has 0 bridgehead atoms. The molecule has 2 aromatic carbocycles. The topological polar surface area (TPSA) is 77.7 Å². The molecule has 1 aliphatic rings. The van der Waals surface area contributed by atoms with Crippen molar-refractivity contribution in [2.75, 3.05) is 20.8 Å². The zero-order valence-corrected chi connectivity index (χ0v) is 15.8. The van der Waals surface area contributed by atoms with Crippen LogP contribution in [0.4, 0.5) is 0 Å². The lowest BCUT2D eigenvalue weighted by molar-refractivity contribution is -0.128. The fraction of sp³-hybridized carbons (Fsp3) is 0.286. The minimum absolute atomic E-state index is 0.0690. The van der Waals surface area contributed by atoms with E-state index in [2.05, 4.69) is 10.1 Å². The van der Waals surface area contributed by atoms with Crippen molar-refractivity contribution in [3.05, 3.63) is 59.9 Å². The summed E-state index contributed by atoms with van der Waals surface area (Å²) in [6, 6.07) is 15.2. The number of para-hydroxylation sites is 2. The second kappa shape index (κ2) is 7.72. The third kappa shape index (κ3) is 3.43. The lowest BCUT2D eigenvalue weighted by Gasteiger charge is -2.17. The number of likely N-dealkylation sites (tertiary alicyclic amines) is 1. The van der Waals surface area contributed by atoms with Crippen molar-refractivity contribution >= 4 is 5.91 Å². The Hall–Kier alpha value is -3.35. The van der Waals surface area contributed by atoms with Gasteiger partial charge < -0.3 is 18.9 Å². The molecule has 1 aromatic heterocycles. The van der Waals surface area contributed by atoms with Crippen molar-refractivity contribution in [3.63, 3.8) is 0 Å². The van der Waals surface area contributed by atoms with Crippen molar-refractivity contribution in [3.8, 4) is 23.0 Å². The highest BCUT2D eigenvalue weighted by Crippen LogP contribution is 2.32. The van der Waals surface area contributed by atoms with Gasteiger partial charge in [-0.3, -0.25) is 4.79 Å². The zero-order chi connectivity index (χ0) is 19.5. The molecule has 7 heteroatoms. The molecule has 1 atom stereocenters. The van der Waals surface area contributed by atoms with Gasteiger partial charge in [-0.05, 0) is 18.2 Å². The standard InChI is InChI=1S/C21H21N3O4/c1-26-17-9-5-3-7-14(17)12-24-13-15(11-19(24)25)20-22-21(28-23-20)16-8-4-6-10-18(16)27-2/h3-10,15H,11-13H2,1-2H3. The number of benzene rings is 2. The van der Waals surface area contributed by atoms with Crippen LogP contribution >= 0.6 is 0 Å². The second-order valence-electron chi connectivity index (χ2n) is 6.65. The highest BCUT2D eigenvalue weighted by atomic mass is 16.5. The molecule has 1 amide bonds. The van der Waals surface area contributed by atoms with Crippen LogP contribution in [0.2, 0.25) is 0 Å². The number of hydrogen-bond acceptors (Lipinski definition) is 6. The predicted molar refractivity (Wildman–Crippen MR) is 102 cm³/mol. The van der Waals surface area contributed by atoms with Gasteiger partial charge in [-0.1, -0.05) is 35.5 Å². The first-order valence-electron chi connectivity index (χ1n) is 9.06. The molecule has 28 heavy (non-hydrogen) atoms. The van der Waals surface area contributed by atoms with Crippen LogP contribution in [0.3, 0.4) is 0 Å². The average molecular weight is 379 g/mol. The minimum Gasteiger partial charge on any atom is -0.496 e. The summed E-state index contributed by atoms with van der Waals surface area (Å²) in [6.45, 7) is 1.04. The number of ether oxygens (including phenoxy) is 2. The smallest absolute Gasteiger partial charge is 0.261 e. The van der Waals surface area contributed by atoms with Crippen LogP contribution in [0.1, 0.15) is 23.7 Å². The van der Waals surface area contributed by atoms with Gasteiger partial charge in [0.1, 0.15) is 11.5 Å². The largest absolute Gasteiger partial charge is 0.496 e. The van der Waals surface area contributed by atoms with E-state index in [1.54, 1.807) is 14.2 Å². The van der Waals surface area contributed by atoms with Gasteiger partial charge in [0.2, 0.25) is 5.91 Å². The molecular weight excluding hydrogens is 358 g/mol. The van der Waals surface area contributed by atoms with Gasteiger partial charge in [0.05, 0.1) is 19.8 Å². The van der Waals surface area contributed by atoms with Crippen LogP contribution < -0.4 is 9.47 Å². The van der Waals surface area contributed by atoms with E-state index in [0.29, 0.717) is 37.0 Å². The normalized spacial score (nSPS) is 16.4. The Morgan fingerprint density at radius 1 is 1.07 bits per heavy atom. The molecule has 1 saturated heterocycles. The van der Waals surface area contributed by atoms with Crippen LogP contribution in [-0.4, -0.2) is 41.7 Å². The van der Waals surface area contributed by atoms with Crippen LogP contribution in [0.15, 0.2) is 53.1 Å². The van der Waals surface area contributed by atoms with E-state index >= 15 is 0 Å². The van der Waals surface area contributed by atoms with E-state index in [0.717, 1.165) is 16.9 Å². The molecule has 7 nitrogen and oxygen atoms in total. The van der Waals surface area contributed by atoms with Crippen molar-refractivity contribution in [1.29, 1.82) is 0 Å². The fourth-order valence-electron chi connectivity index (χ4n) is 3.47. The number of amides is 1. The Morgan fingerprint density at radius 2 is 1.79 bits per heavy atom. The van der Waals surface area contributed by atoms with Gasteiger partial charge in [0, 0.05) is 31.0 Å². The molecule has 0 aliphatic carbocycles. The zero-order valence-electron chi connectivity index (χ0n) is 15.8. The molecule has 4 rings (SSSR count). The first kappa shape index (κ1) is 18.0. The maximum absolute atomic E-state index is 12.5. The molecule has 144 valence electrons. The maximum atomic E-state index is 12.5. The molecule has 0 radical (unpaired) electrons. The Balaban J connectivity index is 1.51. The first-order chi connectivity index (χ1) is 13.7. The van der Waals surface area contributed by atoms with Gasteiger partial charge in [0.15, 0.2) is 5.82 Å². The number of carbonyl (C=O) groups is 1. The summed E-state index contributed by atoms with van der Waals surface area (Å²) in [7, 11) is 3.23. The third-order valence-corrected chi connectivity index (χ3v) is 4.91. The van der Waals surface area contributed by atoms with Gasteiger partial charge in [0.25, 0.3) is 5.89 Å². The van der Waals surface area contributed by atoms with Crippen LogP contribution in [-0.2, 0) is 11.3 Å². The predicted octanol–water partition coefficient (Wildman–Crippen LogP) is 3.27. The second-order valence-corrected chi connectivity index (χ2v) is 6.65. The molecule has 2 heterocycles. The molecule has 0 N–H and O–H groups in total. The Labute approximate surface area is 162 Å². The van der Waals surface area contributed by atoms with Crippen LogP contribution in [0, 0.1) is 0 Å². The highest BCUT2D eigenvalue weighted by molar-refractivity contribution is 5.79. The summed E-state index contributed by atoms with van der Waals surface area (Å²) < 4.78 is 16.2. The maximum Gasteiger partial charge on any atom is 0.261 e. The number of methoxy groups -OCH3 is 2. The number of hydrogen-bond donors (Lipinski definition) is 0. The molecular formula is C21H21N3O4. The van der Waals surface area contributed by atoms with E-state index in [-0.39, 0.29) is 11.8 Å². The van der Waals surface area contributed by atoms with E-state index in [1.165, 1.54) is 0 Å². The van der Waals surface area contributed by atoms with E-state index in [1.807, 2.05) is 53.4 Å². The van der Waals surface area contributed by atoms with E-state index < -0.39 is 0 Å². The summed E-state index contributed by atoms with van der Waals surface area (Å²) in [5.74, 6) is 2.34. The van der Waals surface area contributed by atoms with Gasteiger partial charge in [-0.25, -0.2) is 0 Å². The summed E-state index contributed by atoms with van der Waals surface area (Å²) in [6.07, 6.45) is 0.361. The Bertz CT molecular complexity index is 985. The number of carbonyl (C=O) groups excluding carboxylic acids is 1. The number of aromatic nitrogens is 2. The molecule has 0 saturated carbocycles. The SMILES string of the molecule is COc1ccccc1CN1CC(c2noc(-c3ccccc3OC)n2)CC1=O. The van der Waals surface area contributed by atoms with E-state index in [9.17, 15) is 4.79 Å². The van der Waals surface area contributed by atoms with Gasteiger partial charge in [-0.2, -0.15) is 4.98 Å². The van der Waals surface area contributed by atoms with Crippen molar-refractivity contribution in [1.82, 2.24) is 15.0 Å². The summed E-state index contributed by atoms with van der Waals surface area (Å²) in [5.41, 5.74) is 1.71. The lowest BCUT2D eigenvalue weighted by Crippen LogP contribution is -2.24. The molecule has 0 spiro atoms. The summed E-state index contributed by atoms with van der Waals surface area (Å²) >= 11 is 0. The monoisotopic (exact) mass is 379 g/mol. The number of rotatable bonds is 6. The van der Waals surface area contributed by atoms with Gasteiger partial charge in [-0.15, -0.1) is 0 Å². The minimum atomic E-state index is -0.102. The Morgan fingerprint density at radius 3 is 2.57 bits per heavy atom. The van der Waals surface area contributed by atoms with Gasteiger partial charge >= 0.3 is 0 Å². The fourth-order valence-corrected chi connectivity index (χ4v) is 3.47. The van der Waals surface area contributed by atoms with Crippen molar-refractivity contribution in [2.24, 2.45) is 0 Å². The molecule has 1 fully saturated rings. The average Bonchev–Trinajstić information content (AvgIpc) is 3.35. The number of nitrogens with zero attached hydrogens (tertiary/aromatic N) is 3. The molecule has 3 aromatic rings. The van der Waals surface area contributed by atoms with Crippen LogP contribution in [0.25, 0.3) is 11.5 Å².